The molecule has 0 fully saturated rings. The molecule has 0 aliphatic rings. The topological polar surface area (TPSA) is 29.1 Å². The third kappa shape index (κ3) is 2.93. The molecule has 20 heavy (non-hydrogen) atoms. The molecular formula is C15H12Cl3NO. The minimum Gasteiger partial charge on any atom is -0.322 e. The zero-order valence-electron chi connectivity index (χ0n) is 10.9. The third-order valence-electron chi connectivity index (χ3n) is 3.12. The highest BCUT2D eigenvalue weighted by Crippen LogP contribution is 2.32. The van der Waals surface area contributed by atoms with Gasteiger partial charge in [0, 0.05) is 5.69 Å². The van der Waals surface area contributed by atoms with Gasteiger partial charge in [-0.2, -0.15) is 0 Å². The Labute approximate surface area is 132 Å². The molecule has 0 atom stereocenters. The van der Waals surface area contributed by atoms with Crippen LogP contribution in [0.5, 0.6) is 0 Å². The van der Waals surface area contributed by atoms with Gasteiger partial charge in [0.1, 0.15) is 0 Å². The summed E-state index contributed by atoms with van der Waals surface area (Å²) in [7, 11) is 0. The van der Waals surface area contributed by atoms with Gasteiger partial charge in [-0.3, -0.25) is 4.79 Å². The molecule has 104 valence electrons. The van der Waals surface area contributed by atoms with Gasteiger partial charge < -0.3 is 5.32 Å². The maximum atomic E-state index is 12.3. The molecule has 0 aliphatic heterocycles. The highest BCUT2D eigenvalue weighted by molar-refractivity contribution is 6.46. The van der Waals surface area contributed by atoms with Crippen molar-refractivity contribution in [2.45, 2.75) is 13.8 Å². The van der Waals surface area contributed by atoms with Crippen LogP contribution in [-0.4, -0.2) is 5.91 Å². The lowest BCUT2D eigenvalue weighted by Gasteiger charge is -2.12. The number of halogens is 3. The lowest BCUT2D eigenvalue weighted by Crippen LogP contribution is -2.14. The summed E-state index contributed by atoms with van der Waals surface area (Å²) in [5.74, 6) is -0.379. The summed E-state index contributed by atoms with van der Waals surface area (Å²) in [5, 5.41) is 3.52. The second-order valence-electron chi connectivity index (χ2n) is 4.42. The summed E-state index contributed by atoms with van der Waals surface area (Å²) in [6.45, 7) is 3.91. The summed E-state index contributed by atoms with van der Waals surface area (Å²) in [6.07, 6.45) is 0. The molecule has 2 rings (SSSR count). The molecule has 2 aromatic carbocycles. The smallest absolute Gasteiger partial charge is 0.258 e. The molecule has 5 heteroatoms. The van der Waals surface area contributed by atoms with E-state index in [9.17, 15) is 4.79 Å². The minimum atomic E-state index is -0.379. The fraction of sp³-hybridized carbons (Fsp3) is 0.133. The largest absolute Gasteiger partial charge is 0.322 e. The quantitative estimate of drug-likeness (QED) is 0.723. The van der Waals surface area contributed by atoms with Crippen molar-refractivity contribution in [1.82, 2.24) is 0 Å². The van der Waals surface area contributed by atoms with Crippen LogP contribution in [0, 0.1) is 13.8 Å². The van der Waals surface area contributed by atoms with Crippen LogP contribution >= 0.6 is 34.8 Å². The lowest BCUT2D eigenvalue weighted by molar-refractivity contribution is 0.102. The Balaban J connectivity index is 2.39. The summed E-state index contributed by atoms with van der Waals surface area (Å²) in [4.78, 5) is 12.3. The molecule has 2 nitrogen and oxygen atoms in total. The summed E-state index contributed by atoms with van der Waals surface area (Å²) < 4.78 is 0. The van der Waals surface area contributed by atoms with Crippen molar-refractivity contribution < 1.29 is 4.79 Å². The van der Waals surface area contributed by atoms with Gasteiger partial charge in [0.2, 0.25) is 0 Å². The fourth-order valence-corrected chi connectivity index (χ4v) is 2.51. The average Bonchev–Trinajstić information content (AvgIpc) is 2.40. The summed E-state index contributed by atoms with van der Waals surface area (Å²) in [6, 6.07) is 8.78. The van der Waals surface area contributed by atoms with E-state index in [0.717, 1.165) is 16.8 Å². The van der Waals surface area contributed by atoms with Gasteiger partial charge in [0.15, 0.2) is 0 Å². The number of rotatable bonds is 2. The van der Waals surface area contributed by atoms with E-state index in [1.54, 1.807) is 12.1 Å². The highest BCUT2D eigenvalue weighted by Gasteiger charge is 2.18. The molecule has 1 amide bonds. The second-order valence-corrected chi connectivity index (χ2v) is 5.61. The van der Waals surface area contributed by atoms with Crippen LogP contribution in [0.4, 0.5) is 5.69 Å². The van der Waals surface area contributed by atoms with E-state index in [1.165, 1.54) is 0 Å². The van der Waals surface area contributed by atoms with Crippen molar-refractivity contribution in [1.29, 1.82) is 0 Å². The molecule has 0 radical (unpaired) electrons. The third-order valence-corrected chi connectivity index (χ3v) is 4.24. The van der Waals surface area contributed by atoms with E-state index in [0.29, 0.717) is 5.02 Å². The zero-order valence-corrected chi connectivity index (χ0v) is 13.2. The Morgan fingerprint density at radius 2 is 1.65 bits per heavy atom. The summed E-state index contributed by atoms with van der Waals surface area (Å²) in [5.41, 5.74) is 2.99. The van der Waals surface area contributed by atoms with Gasteiger partial charge in [-0.1, -0.05) is 46.9 Å². The number of hydrogen-bond donors (Lipinski definition) is 1. The number of hydrogen-bond acceptors (Lipinski definition) is 1. The number of anilines is 1. The Hall–Kier alpha value is -1.22. The molecule has 0 spiro atoms. The molecule has 0 saturated heterocycles. The first-order valence-electron chi connectivity index (χ1n) is 5.93. The van der Waals surface area contributed by atoms with Gasteiger partial charge in [-0.25, -0.2) is 0 Å². The van der Waals surface area contributed by atoms with Crippen LogP contribution in [0.25, 0.3) is 0 Å². The monoisotopic (exact) mass is 327 g/mol. The molecule has 0 aliphatic carbocycles. The molecule has 0 saturated carbocycles. The number of aryl methyl sites for hydroxylation is 1. The van der Waals surface area contributed by atoms with Crippen LogP contribution in [0.3, 0.4) is 0 Å². The van der Waals surface area contributed by atoms with Gasteiger partial charge in [0.25, 0.3) is 5.91 Å². The first kappa shape index (κ1) is 15.2. The number of carbonyl (C=O) groups excluding carboxylic acids is 1. The Morgan fingerprint density at radius 1 is 1.00 bits per heavy atom. The van der Waals surface area contributed by atoms with Crippen molar-refractivity contribution in [3.63, 3.8) is 0 Å². The SMILES string of the molecule is Cc1cccc(NC(=O)c2c(Cl)ccc(Cl)c2Cl)c1C. The average molecular weight is 329 g/mol. The standard InChI is InChI=1S/C15H12Cl3NO/c1-8-4-3-5-12(9(8)2)19-15(20)13-10(16)6-7-11(17)14(13)18/h3-7H,1-2H3,(H,19,20). The number of benzene rings is 2. The molecule has 0 bridgehead atoms. The number of amides is 1. The minimum absolute atomic E-state index is 0.155. The van der Waals surface area contributed by atoms with E-state index >= 15 is 0 Å². The Bertz CT molecular complexity index is 683. The van der Waals surface area contributed by atoms with Crippen molar-refractivity contribution in [3.05, 3.63) is 62.1 Å². The highest BCUT2D eigenvalue weighted by atomic mass is 35.5. The van der Waals surface area contributed by atoms with Gasteiger partial charge in [-0.05, 0) is 43.2 Å². The van der Waals surface area contributed by atoms with E-state index in [-0.39, 0.29) is 21.5 Å². The normalized spacial score (nSPS) is 10.4. The summed E-state index contributed by atoms with van der Waals surface area (Å²) >= 11 is 18.0. The maximum absolute atomic E-state index is 12.3. The van der Waals surface area contributed by atoms with Crippen molar-refractivity contribution in [2.24, 2.45) is 0 Å². The molecule has 1 N–H and O–H groups in total. The van der Waals surface area contributed by atoms with E-state index in [1.807, 2.05) is 32.0 Å². The van der Waals surface area contributed by atoms with Crippen LogP contribution in [0.1, 0.15) is 21.5 Å². The molecule has 0 heterocycles. The van der Waals surface area contributed by atoms with Crippen molar-refractivity contribution in [3.8, 4) is 0 Å². The molecule has 0 unspecified atom stereocenters. The first-order chi connectivity index (χ1) is 9.41. The predicted molar refractivity (Wildman–Crippen MR) is 85.3 cm³/mol. The predicted octanol–water partition coefficient (Wildman–Crippen LogP) is 5.52. The van der Waals surface area contributed by atoms with Crippen molar-refractivity contribution >= 4 is 46.4 Å². The first-order valence-corrected chi connectivity index (χ1v) is 7.06. The van der Waals surface area contributed by atoms with Gasteiger partial charge in [0.05, 0.1) is 20.6 Å². The molecular weight excluding hydrogens is 317 g/mol. The fourth-order valence-electron chi connectivity index (χ4n) is 1.81. The van der Waals surface area contributed by atoms with Crippen LogP contribution in [-0.2, 0) is 0 Å². The number of nitrogens with one attached hydrogen (secondary N) is 1. The van der Waals surface area contributed by atoms with E-state index in [4.69, 9.17) is 34.8 Å². The lowest BCUT2D eigenvalue weighted by atomic mass is 10.1. The van der Waals surface area contributed by atoms with Gasteiger partial charge in [-0.15, -0.1) is 0 Å². The van der Waals surface area contributed by atoms with E-state index < -0.39 is 0 Å². The molecule has 0 aromatic heterocycles. The molecule has 2 aromatic rings. The van der Waals surface area contributed by atoms with Crippen LogP contribution < -0.4 is 5.32 Å². The Morgan fingerprint density at radius 3 is 2.35 bits per heavy atom. The van der Waals surface area contributed by atoms with Gasteiger partial charge >= 0.3 is 0 Å². The van der Waals surface area contributed by atoms with E-state index in [2.05, 4.69) is 5.32 Å². The van der Waals surface area contributed by atoms with Crippen LogP contribution in [0.15, 0.2) is 30.3 Å². The maximum Gasteiger partial charge on any atom is 0.258 e. The number of carbonyl (C=O) groups is 1. The van der Waals surface area contributed by atoms with Crippen LogP contribution in [0.2, 0.25) is 15.1 Å². The zero-order chi connectivity index (χ0) is 14.9. The Kier molecular flexibility index (Phi) is 4.59. The second kappa shape index (κ2) is 6.04. The van der Waals surface area contributed by atoms with Crippen molar-refractivity contribution in [2.75, 3.05) is 5.32 Å².